The molecule has 0 radical (unpaired) electrons. The van der Waals surface area contributed by atoms with Crippen LogP contribution < -0.4 is 5.32 Å². The van der Waals surface area contributed by atoms with Gasteiger partial charge in [-0.1, -0.05) is 12.2 Å². The van der Waals surface area contributed by atoms with Gasteiger partial charge in [-0.05, 0) is 38.0 Å². The molecule has 2 fully saturated rings. The summed E-state index contributed by atoms with van der Waals surface area (Å²) in [4.78, 5) is 26.4. The molecule has 5 nitrogen and oxygen atoms in total. The van der Waals surface area contributed by atoms with Crippen molar-refractivity contribution in [3.05, 3.63) is 12.2 Å². The molecule has 2 heterocycles. The largest absolute Gasteiger partial charge is 0.377 e. The van der Waals surface area contributed by atoms with E-state index >= 15 is 0 Å². The Morgan fingerprint density at radius 3 is 3.05 bits per heavy atom. The molecule has 21 heavy (non-hydrogen) atoms. The zero-order valence-electron chi connectivity index (χ0n) is 12.4. The van der Waals surface area contributed by atoms with Gasteiger partial charge in [0.25, 0.3) is 0 Å². The number of hydrogen-bond acceptors (Lipinski definition) is 3. The molecule has 1 saturated carbocycles. The predicted octanol–water partition coefficient (Wildman–Crippen LogP) is 1.24. The van der Waals surface area contributed by atoms with Gasteiger partial charge in [0.15, 0.2) is 0 Å². The van der Waals surface area contributed by atoms with Gasteiger partial charge in [-0.3, -0.25) is 9.59 Å². The minimum atomic E-state index is -0.246. The molecule has 2 aliphatic heterocycles. The third kappa shape index (κ3) is 3.64. The minimum absolute atomic E-state index is 0.0351. The molecule has 0 bridgehead atoms. The van der Waals surface area contributed by atoms with Crippen LogP contribution in [0.25, 0.3) is 0 Å². The van der Waals surface area contributed by atoms with Crippen LogP contribution >= 0.6 is 0 Å². The summed E-state index contributed by atoms with van der Waals surface area (Å²) in [6, 6.07) is 0.000498. The van der Waals surface area contributed by atoms with E-state index in [9.17, 15) is 9.59 Å². The molecule has 0 aromatic carbocycles. The average Bonchev–Trinajstić information content (AvgIpc) is 3.01. The van der Waals surface area contributed by atoms with Crippen molar-refractivity contribution in [1.82, 2.24) is 10.2 Å². The Labute approximate surface area is 125 Å². The highest BCUT2D eigenvalue weighted by atomic mass is 16.5. The lowest BCUT2D eigenvalue weighted by molar-refractivity contribution is -0.138. The van der Waals surface area contributed by atoms with Gasteiger partial charge < -0.3 is 15.0 Å². The second-order valence-electron chi connectivity index (χ2n) is 6.22. The van der Waals surface area contributed by atoms with Crippen LogP contribution in [0.2, 0.25) is 0 Å². The number of ether oxygens (including phenoxy) is 1. The van der Waals surface area contributed by atoms with Crippen LogP contribution in [0.1, 0.15) is 38.5 Å². The molecular weight excluding hydrogens is 268 g/mol. The number of amides is 2. The molecule has 3 aliphatic rings. The van der Waals surface area contributed by atoms with Crippen LogP contribution in [-0.2, 0) is 14.3 Å². The molecule has 1 aliphatic carbocycles. The Kier molecular flexibility index (Phi) is 4.58. The normalized spacial score (nSPS) is 36.0. The summed E-state index contributed by atoms with van der Waals surface area (Å²) in [5, 5.41) is 3.09. The van der Waals surface area contributed by atoms with Gasteiger partial charge in [0, 0.05) is 25.6 Å². The highest BCUT2D eigenvalue weighted by molar-refractivity contribution is 5.88. The Hall–Kier alpha value is -1.36. The van der Waals surface area contributed by atoms with E-state index < -0.39 is 0 Å². The molecule has 1 saturated heterocycles. The smallest absolute Gasteiger partial charge is 0.243 e. The molecule has 2 amide bonds. The van der Waals surface area contributed by atoms with Crippen LogP contribution in [0.5, 0.6) is 0 Å². The summed E-state index contributed by atoms with van der Waals surface area (Å²) in [6.45, 7) is 2.05. The van der Waals surface area contributed by atoms with Crippen LogP contribution in [0, 0.1) is 5.92 Å². The van der Waals surface area contributed by atoms with Crippen molar-refractivity contribution in [2.24, 2.45) is 5.92 Å². The topological polar surface area (TPSA) is 58.6 Å². The van der Waals surface area contributed by atoms with E-state index in [-0.39, 0.29) is 23.9 Å². The standard InChI is InChI=1S/C16H24N2O3/c19-15-7-1-2-9-21-10-4-5-12-11-13(12)17-16(20)14-6-3-8-18(14)15/h4-5,12-14H,1-3,6-11H2,(H,17,20)/b5-4-/t12-,13?,14?/m1/s1. The number of carbonyl (C=O) groups is 2. The second-order valence-corrected chi connectivity index (χ2v) is 6.22. The Balaban J connectivity index is 1.64. The van der Waals surface area contributed by atoms with E-state index in [0.29, 0.717) is 25.6 Å². The summed E-state index contributed by atoms with van der Waals surface area (Å²) in [5.74, 6) is 0.592. The van der Waals surface area contributed by atoms with Crippen molar-refractivity contribution < 1.29 is 14.3 Å². The number of hydrogen-bond donors (Lipinski definition) is 1. The Morgan fingerprint density at radius 2 is 2.14 bits per heavy atom. The lowest BCUT2D eigenvalue weighted by Gasteiger charge is -2.24. The van der Waals surface area contributed by atoms with Crippen molar-refractivity contribution in [2.45, 2.75) is 50.6 Å². The van der Waals surface area contributed by atoms with Crippen molar-refractivity contribution in [3.63, 3.8) is 0 Å². The van der Waals surface area contributed by atoms with Crippen molar-refractivity contribution in [2.75, 3.05) is 19.8 Å². The van der Waals surface area contributed by atoms with E-state index in [4.69, 9.17) is 4.74 Å². The fourth-order valence-electron chi connectivity index (χ4n) is 3.22. The first-order valence-corrected chi connectivity index (χ1v) is 8.10. The third-order valence-electron chi connectivity index (χ3n) is 4.57. The molecule has 0 spiro atoms. The Bertz CT molecular complexity index is 435. The fourth-order valence-corrected chi connectivity index (χ4v) is 3.22. The highest BCUT2D eigenvalue weighted by Crippen LogP contribution is 2.32. The maximum absolute atomic E-state index is 12.4. The van der Waals surface area contributed by atoms with Gasteiger partial charge in [-0.2, -0.15) is 0 Å². The molecule has 0 aromatic heterocycles. The summed E-state index contributed by atoms with van der Waals surface area (Å²) in [5.41, 5.74) is 0. The van der Waals surface area contributed by atoms with E-state index in [0.717, 1.165) is 38.6 Å². The lowest BCUT2D eigenvalue weighted by Crippen LogP contribution is -2.46. The highest BCUT2D eigenvalue weighted by Gasteiger charge is 2.40. The predicted molar refractivity (Wildman–Crippen MR) is 78.6 cm³/mol. The van der Waals surface area contributed by atoms with Crippen molar-refractivity contribution in [1.29, 1.82) is 0 Å². The molecule has 5 heteroatoms. The molecule has 3 atom stereocenters. The first-order chi connectivity index (χ1) is 10.3. The van der Waals surface area contributed by atoms with Gasteiger partial charge >= 0.3 is 0 Å². The number of rotatable bonds is 0. The third-order valence-corrected chi connectivity index (χ3v) is 4.57. The SMILES string of the molecule is O=C1NC2C[C@H]2/C=C\COCCCCC(=O)N2CCCC12. The van der Waals surface area contributed by atoms with E-state index in [1.807, 2.05) is 6.08 Å². The molecule has 3 rings (SSSR count). The van der Waals surface area contributed by atoms with Gasteiger partial charge in [-0.25, -0.2) is 0 Å². The summed E-state index contributed by atoms with van der Waals surface area (Å²) >= 11 is 0. The van der Waals surface area contributed by atoms with Gasteiger partial charge in [0.1, 0.15) is 6.04 Å². The summed E-state index contributed by atoms with van der Waals surface area (Å²) < 4.78 is 5.52. The maximum atomic E-state index is 12.4. The second kappa shape index (κ2) is 6.60. The fraction of sp³-hybridized carbons (Fsp3) is 0.750. The van der Waals surface area contributed by atoms with Crippen LogP contribution in [-0.4, -0.2) is 48.6 Å². The number of nitrogens with one attached hydrogen (secondary N) is 1. The average molecular weight is 292 g/mol. The first kappa shape index (κ1) is 14.6. The number of nitrogens with zero attached hydrogens (tertiary/aromatic N) is 1. The summed E-state index contributed by atoms with van der Waals surface area (Å²) in [6.07, 6.45) is 9.17. The Morgan fingerprint density at radius 1 is 1.24 bits per heavy atom. The van der Waals surface area contributed by atoms with Crippen LogP contribution in [0.4, 0.5) is 0 Å². The molecule has 1 N–H and O–H groups in total. The zero-order chi connectivity index (χ0) is 14.7. The van der Waals surface area contributed by atoms with Crippen LogP contribution in [0.15, 0.2) is 12.2 Å². The van der Waals surface area contributed by atoms with Gasteiger partial charge in [0.2, 0.25) is 11.8 Å². The van der Waals surface area contributed by atoms with E-state index in [1.54, 1.807) is 4.90 Å². The maximum Gasteiger partial charge on any atom is 0.243 e. The zero-order valence-corrected chi connectivity index (χ0v) is 12.4. The minimum Gasteiger partial charge on any atom is -0.377 e. The monoisotopic (exact) mass is 292 g/mol. The molecule has 116 valence electrons. The quantitative estimate of drug-likeness (QED) is 0.683. The lowest BCUT2D eigenvalue weighted by atomic mass is 10.1. The van der Waals surface area contributed by atoms with Gasteiger partial charge in [0.05, 0.1) is 6.61 Å². The molecule has 2 unspecified atom stereocenters. The van der Waals surface area contributed by atoms with E-state index in [2.05, 4.69) is 11.4 Å². The van der Waals surface area contributed by atoms with Crippen LogP contribution in [0.3, 0.4) is 0 Å². The number of carbonyl (C=O) groups excluding carboxylic acids is 2. The van der Waals surface area contributed by atoms with E-state index in [1.165, 1.54) is 0 Å². The van der Waals surface area contributed by atoms with Crippen molar-refractivity contribution in [3.8, 4) is 0 Å². The molecule has 0 aromatic rings. The first-order valence-electron chi connectivity index (χ1n) is 8.10. The summed E-state index contributed by atoms with van der Waals surface area (Å²) in [7, 11) is 0. The molecular formula is C16H24N2O3. The van der Waals surface area contributed by atoms with Gasteiger partial charge in [-0.15, -0.1) is 0 Å². The van der Waals surface area contributed by atoms with Crippen molar-refractivity contribution >= 4 is 11.8 Å². The number of fused-ring (bicyclic) bond motifs is 2.